The topological polar surface area (TPSA) is 62.3 Å². The van der Waals surface area contributed by atoms with Gasteiger partial charge in [0.1, 0.15) is 5.82 Å². The van der Waals surface area contributed by atoms with Crippen LogP contribution in [0.4, 0.5) is 11.5 Å². The molecule has 124 valence electrons. The molecular weight excluding hydrogens is 326 g/mol. The van der Waals surface area contributed by atoms with Gasteiger partial charge in [-0.25, -0.2) is 4.98 Å². The van der Waals surface area contributed by atoms with E-state index >= 15 is 0 Å². The van der Waals surface area contributed by atoms with Gasteiger partial charge in [0, 0.05) is 24.8 Å². The van der Waals surface area contributed by atoms with Crippen LogP contribution in [0.1, 0.15) is 17.5 Å². The van der Waals surface area contributed by atoms with Crippen LogP contribution >= 0.6 is 11.6 Å². The summed E-state index contributed by atoms with van der Waals surface area (Å²) >= 11 is 5.78. The van der Waals surface area contributed by atoms with Gasteiger partial charge in [0.15, 0.2) is 0 Å². The van der Waals surface area contributed by atoms with Gasteiger partial charge in [0.05, 0.1) is 10.9 Å². The van der Waals surface area contributed by atoms with Crippen molar-refractivity contribution in [1.29, 1.82) is 0 Å². The molecule has 0 aliphatic carbocycles. The summed E-state index contributed by atoms with van der Waals surface area (Å²) in [5, 5.41) is 3.25. The molecule has 6 heteroatoms. The molecule has 0 bridgehead atoms. The molecule has 0 saturated carbocycles. The largest absolute Gasteiger partial charge is 0.311 e. The summed E-state index contributed by atoms with van der Waals surface area (Å²) < 4.78 is 0. The van der Waals surface area contributed by atoms with Gasteiger partial charge < -0.3 is 10.2 Å². The molecule has 1 aromatic carbocycles. The van der Waals surface area contributed by atoms with E-state index in [0.29, 0.717) is 17.4 Å². The third kappa shape index (κ3) is 3.26. The Morgan fingerprint density at radius 3 is 2.79 bits per heavy atom. The number of benzene rings is 1. The van der Waals surface area contributed by atoms with Crippen molar-refractivity contribution >= 4 is 34.9 Å². The number of hydrogen-bond acceptors (Lipinski definition) is 3. The van der Waals surface area contributed by atoms with E-state index in [1.165, 1.54) is 6.20 Å². The van der Waals surface area contributed by atoms with Crippen LogP contribution < -0.4 is 10.2 Å². The second kappa shape index (κ2) is 6.61. The Hall–Kier alpha value is -2.40. The summed E-state index contributed by atoms with van der Waals surface area (Å²) in [4.78, 5) is 30.5. The first kappa shape index (κ1) is 16.5. The van der Waals surface area contributed by atoms with Crippen LogP contribution in [0.25, 0.3) is 0 Å². The molecule has 3 rings (SSSR count). The first-order valence-corrected chi connectivity index (χ1v) is 8.12. The molecule has 1 atom stereocenters. The SMILES string of the molecule is Cc1cccc(N2C[C@@H](C(=O)Nc3ccc(Cl)cn3)CC2=O)c1C. The number of nitrogens with zero attached hydrogens (tertiary/aromatic N) is 2. The van der Waals surface area contributed by atoms with Gasteiger partial charge in [0.25, 0.3) is 0 Å². The van der Waals surface area contributed by atoms with E-state index < -0.39 is 5.92 Å². The van der Waals surface area contributed by atoms with Gasteiger partial charge in [-0.1, -0.05) is 23.7 Å². The molecule has 1 aliphatic heterocycles. The summed E-state index contributed by atoms with van der Waals surface area (Å²) in [6, 6.07) is 9.15. The Morgan fingerprint density at radius 1 is 1.29 bits per heavy atom. The van der Waals surface area contributed by atoms with E-state index in [9.17, 15) is 9.59 Å². The van der Waals surface area contributed by atoms with Crippen molar-refractivity contribution in [1.82, 2.24) is 4.98 Å². The molecule has 0 spiro atoms. The molecule has 2 aromatic rings. The van der Waals surface area contributed by atoms with Crippen LogP contribution in [-0.2, 0) is 9.59 Å². The molecule has 2 heterocycles. The first-order chi connectivity index (χ1) is 11.5. The van der Waals surface area contributed by atoms with E-state index in [1.54, 1.807) is 17.0 Å². The highest BCUT2D eigenvalue weighted by molar-refractivity contribution is 6.30. The lowest BCUT2D eigenvalue weighted by Crippen LogP contribution is -2.28. The van der Waals surface area contributed by atoms with Gasteiger partial charge in [-0.2, -0.15) is 0 Å². The number of anilines is 2. The minimum absolute atomic E-state index is 0.0343. The second-order valence-electron chi connectivity index (χ2n) is 5.98. The minimum atomic E-state index is -0.394. The van der Waals surface area contributed by atoms with Gasteiger partial charge in [0.2, 0.25) is 11.8 Å². The Balaban J connectivity index is 1.73. The van der Waals surface area contributed by atoms with Crippen LogP contribution in [0.3, 0.4) is 0 Å². The van der Waals surface area contributed by atoms with Crippen LogP contribution in [-0.4, -0.2) is 23.3 Å². The average molecular weight is 344 g/mol. The number of halogens is 1. The third-order valence-electron chi connectivity index (χ3n) is 4.34. The number of nitrogens with one attached hydrogen (secondary N) is 1. The fourth-order valence-electron chi connectivity index (χ4n) is 2.82. The quantitative estimate of drug-likeness (QED) is 0.929. The van der Waals surface area contributed by atoms with Gasteiger partial charge in [-0.15, -0.1) is 0 Å². The summed E-state index contributed by atoms with van der Waals surface area (Å²) in [6.07, 6.45) is 1.67. The lowest BCUT2D eigenvalue weighted by atomic mass is 10.1. The summed E-state index contributed by atoms with van der Waals surface area (Å²) in [5.74, 6) is -0.198. The van der Waals surface area contributed by atoms with Crippen molar-refractivity contribution in [3.63, 3.8) is 0 Å². The maximum atomic E-state index is 12.4. The highest BCUT2D eigenvalue weighted by atomic mass is 35.5. The van der Waals surface area contributed by atoms with Crippen molar-refractivity contribution < 1.29 is 9.59 Å². The monoisotopic (exact) mass is 343 g/mol. The van der Waals surface area contributed by atoms with Crippen molar-refractivity contribution in [2.45, 2.75) is 20.3 Å². The number of rotatable bonds is 3. The predicted octanol–water partition coefficient (Wildman–Crippen LogP) is 3.34. The average Bonchev–Trinajstić information content (AvgIpc) is 2.94. The van der Waals surface area contributed by atoms with Crippen molar-refractivity contribution in [2.75, 3.05) is 16.8 Å². The molecule has 1 N–H and O–H groups in total. The van der Waals surface area contributed by atoms with Gasteiger partial charge >= 0.3 is 0 Å². The van der Waals surface area contributed by atoms with E-state index in [-0.39, 0.29) is 18.2 Å². The third-order valence-corrected chi connectivity index (χ3v) is 4.56. The highest BCUT2D eigenvalue weighted by Gasteiger charge is 2.35. The Morgan fingerprint density at radius 2 is 2.08 bits per heavy atom. The predicted molar refractivity (Wildman–Crippen MR) is 94.3 cm³/mol. The molecule has 5 nitrogen and oxygen atoms in total. The minimum Gasteiger partial charge on any atom is -0.311 e. The van der Waals surface area contributed by atoms with Crippen LogP contribution in [0, 0.1) is 19.8 Å². The standard InChI is InChI=1S/C18H18ClN3O2/c1-11-4-3-5-15(12(11)2)22-10-13(8-17(22)23)18(24)21-16-7-6-14(19)9-20-16/h3-7,9,13H,8,10H2,1-2H3,(H,20,21,24)/t13-/m0/s1. The number of amides is 2. The summed E-state index contributed by atoms with van der Waals surface area (Å²) in [7, 11) is 0. The number of carbonyl (C=O) groups is 2. The number of hydrogen-bond donors (Lipinski definition) is 1. The molecular formula is C18H18ClN3O2. The Labute approximate surface area is 145 Å². The van der Waals surface area contributed by atoms with Gasteiger partial charge in [-0.3, -0.25) is 9.59 Å². The number of carbonyl (C=O) groups excluding carboxylic acids is 2. The fraction of sp³-hybridized carbons (Fsp3) is 0.278. The lowest BCUT2D eigenvalue weighted by molar-refractivity contribution is -0.122. The second-order valence-corrected chi connectivity index (χ2v) is 6.41. The van der Waals surface area contributed by atoms with E-state index in [0.717, 1.165) is 16.8 Å². The maximum Gasteiger partial charge on any atom is 0.230 e. The molecule has 24 heavy (non-hydrogen) atoms. The zero-order valence-corrected chi connectivity index (χ0v) is 14.3. The normalized spacial score (nSPS) is 17.2. The molecule has 0 radical (unpaired) electrons. The molecule has 0 unspecified atom stereocenters. The molecule has 1 fully saturated rings. The molecule has 1 saturated heterocycles. The van der Waals surface area contributed by atoms with Crippen LogP contribution in [0.5, 0.6) is 0 Å². The Bertz CT molecular complexity index is 789. The number of aromatic nitrogens is 1. The maximum absolute atomic E-state index is 12.4. The van der Waals surface area contributed by atoms with Crippen molar-refractivity contribution in [2.24, 2.45) is 5.92 Å². The van der Waals surface area contributed by atoms with E-state index in [4.69, 9.17) is 11.6 Å². The fourth-order valence-corrected chi connectivity index (χ4v) is 2.93. The van der Waals surface area contributed by atoms with Gasteiger partial charge in [-0.05, 0) is 43.2 Å². The zero-order valence-electron chi connectivity index (χ0n) is 13.5. The smallest absolute Gasteiger partial charge is 0.230 e. The molecule has 2 amide bonds. The number of pyridine rings is 1. The molecule has 1 aromatic heterocycles. The highest BCUT2D eigenvalue weighted by Crippen LogP contribution is 2.29. The zero-order chi connectivity index (χ0) is 17.3. The van der Waals surface area contributed by atoms with Crippen molar-refractivity contribution in [3.8, 4) is 0 Å². The summed E-state index contributed by atoms with van der Waals surface area (Å²) in [5.41, 5.74) is 3.06. The number of aryl methyl sites for hydroxylation is 1. The van der Waals surface area contributed by atoms with Crippen LogP contribution in [0.2, 0.25) is 5.02 Å². The first-order valence-electron chi connectivity index (χ1n) is 7.74. The van der Waals surface area contributed by atoms with E-state index in [1.807, 2.05) is 32.0 Å². The Kier molecular flexibility index (Phi) is 4.53. The summed E-state index contributed by atoms with van der Waals surface area (Å²) in [6.45, 7) is 4.38. The van der Waals surface area contributed by atoms with Crippen LogP contribution in [0.15, 0.2) is 36.5 Å². The lowest BCUT2D eigenvalue weighted by Gasteiger charge is -2.20. The molecule has 1 aliphatic rings. The van der Waals surface area contributed by atoms with Crippen molar-refractivity contribution in [3.05, 3.63) is 52.7 Å². The van der Waals surface area contributed by atoms with E-state index in [2.05, 4.69) is 10.3 Å².